The first kappa shape index (κ1) is 79.5. The number of aromatic nitrogens is 9. The second-order valence-electron chi connectivity index (χ2n) is 25.8. The Hall–Kier alpha value is -8.94. The third-order valence-corrected chi connectivity index (χ3v) is 14.8. The van der Waals surface area contributed by atoms with Gasteiger partial charge in [-0.15, -0.1) is 0 Å². The number of sulfonamides is 1. The van der Waals surface area contributed by atoms with Gasteiger partial charge in [-0.2, -0.15) is 0 Å². The molecule has 19 heteroatoms. The minimum absolute atomic E-state index is 0.0110. The lowest BCUT2D eigenvalue weighted by molar-refractivity contribution is 0.247. The fourth-order valence-corrected chi connectivity index (χ4v) is 10.4. The zero-order valence-corrected chi connectivity index (χ0v) is 60.2. The van der Waals surface area contributed by atoms with Crippen LogP contribution in [0.25, 0.3) is 11.3 Å². The highest BCUT2D eigenvalue weighted by Gasteiger charge is 2.25. The standard InChI is InChI=1S/C15H18N2O.C13H15N3O.C13H15N3.C10H21NO2S.C9H13NO.C9H13N.C8H12N2/c1-12(2)17-15-14(9-6-10-16-15)18-11-13-7-4-3-5-8-13;1-10(2)16-13-11(6-5-9-15-13)17-12-7-3-4-8-14-12;1-10(2)16-13-11(6-5-9-15-13)12-7-3-4-8-14-12;1-9(2)8-10-4-6-11(7-5-10)14(3,12)13;1-7(2)6-8-4-3-5-9(11)10-8;1-8(2)7-9-5-3-4-6-10-9;1-7(2)5-8-6-9-3-4-10-8/h3-10,12H,11H2,1-2H3,(H,16,17);3-10H,1-2H3,(H,15,16);3-10H,1-2H3,(H,15,16);9-10H,4-8H2,1-3H3;3-5,7H,6H2,1-2H3,(H,10,11);3-6,8H,7H2,1-2H3;3-4,6-7H,5H2,1-2H3. The van der Waals surface area contributed by atoms with Crippen LogP contribution in [0, 0.1) is 29.6 Å². The molecule has 1 aliphatic rings. The number of H-pyrrole nitrogens is 1. The average molecular weight is 1330 g/mol. The third kappa shape index (κ3) is 35.0. The summed E-state index contributed by atoms with van der Waals surface area (Å²) in [5.41, 5.74) is 6.41. The van der Waals surface area contributed by atoms with Crippen molar-refractivity contribution in [2.24, 2.45) is 29.6 Å². The number of benzene rings is 1. The average Bonchev–Trinajstić information content (AvgIpc) is 0.986. The molecular weight excluding hydrogens is 1220 g/mol. The largest absolute Gasteiger partial charge is 0.485 e. The van der Waals surface area contributed by atoms with Crippen molar-refractivity contribution in [3.05, 3.63) is 228 Å². The van der Waals surface area contributed by atoms with Crippen molar-refractivity contribution in [1.82, 2.24) is 49.2 Å². The zero-order valence-electron chi connectivity index (χ0n) is 59.4. The molecule has 1 saturated heterocycles. The Kier molecular flexibility index (Phi) is 37.0. The van der Waals surface area contributed by atoms with Crippen LogP contribution >= 0.6 is 0 Å². The number of aromatic amines is 1. The zero-order chi connectivity index (χ0) is 70.1. The van der Waals surface area contributed by atoms with E-state index < -0.39 is 10.0 Å². The van der Waals surface area contributed by atoms with Crippen LogP contribution < -0.4 is 31.0 Å². The van der Waals surface area contributed by atoms with Crippen molar-refractivity contribution < 1.29 is 17.9 Å². The quantitative estimate of drug-likeness (QED) is 0.0524. The molecule has 0 unspecified atom stereocenters. The molecule has 0 atom stereocenters. The van der Waals surface area contributed by atoms with Crippen LogP contribution in [0.4, 0.5) is 17.5 Å². The SMILES string of the molecule is CC(C)CC1CCN(S(C)(=O)=O)CC1.CC(C)Cc1cccc(=O)[nH]1.CC(C)Cc1ccccn1.CC(C)Cc1cnccn1.CC(C)Nc1ncccc1-c1ccccn1.CC(C)Nc1ncccc1OCc1ccccc1.CC(C)Nc1ncccc1Oc1ccccn1. The Labute approximate surface area is 573 Å². The summed E-state index contributed by atoms with van der Waals surface area (Å²) in [6.45, 7) is 31.9. The van der Waals surface area contributed by atoms with Gasteiger partial charge in [0.25, 0.3) is 0 Å². The molecule has 9 aromatic rings. The van der Waals surface area contributed by atoms with Crippen LogP contribution in [0.5, 0.6) is 17.4 Å². The minimum Gasteiger partial charge on any atom is -0.485 e. The molecular formula is C77H107N13O5S. The second-order valence-corrected chi connectivity index (χ2v) is 27.8. The number of ether oxygens (including phenoxy) is 2. The van der Waals surface area contributed by atoms with E-state index in [0.717, 1.165) is 108 Å². The maximum Gasteiger partial charge on any atom is 0.248 e. The van der Waals surface area contributed by atoms with Gasteiger partial charge < -0.3 is 30.4 Å². The Balaban J connectivity index is 0.000000241. The molecule has 10 rings (SSSR count). The Morgan fingerprint density at radius 3 is 1.53 bits per heavy atom. The lowest BCUT2D eigenvalue weighted by Crippen LogP contribution is -2.37. The summed E-state index contributed by atoms with van der Waals surface area (Å²) in [6, 6.07) is 45.3. The number of nitrogens with one attached hydrogen (secondary N) is 4. The molecule has 0 spiro atoms. The van der Waals surface area contributed by atoms with E-state index in [1.165, 1.54) is 24.4 Å². The maximum atomic E-state index is 11.2. The number of rotatable bonds is 21. The molecule has 4 N–H and O–H groups in total. The summed E-state index contributed by atoms with van der Waals surface area (Å²) in [5.74, 6) is 7.85. The van der Waals surface area contributed by atoms with Gasteiger partial charge in [-0.1, -0.05) is 110 Å². The van der Waals surface area contributed by atoms with Crippen molar-refractivity contribution in [1.29, 1.82) is 0 Å². The molecule has 0 amide bonds. The predicted molar refractivity (Wildman–Crippen MR) is 395 cm³/mol. The first-order valence-corrected chi connectivity index (χ1v) is 35.4. The molecule has 1 aromatic carbocycles. The molecule has 8 aromatic heterocycles. The van der Waals surface area contributed by atoms with E-state index in [1.807, 2.05) is 134 Å². The van der Waals surface area contributed by atoms with Crippen LogP contribution in [0.15, 0.2) is 200 Å². The van der Waals surface area contributed by atoms with Crippen molar-refractivity contribution in [3.63, 3.8) is 0 Å². The first-order chi connectivity index (χ1) is 45.9. The fourth-order valence-electron chi connectivity index (χ4n) is 9.51. The van der Waals surface area contributed by atoms with Gasteiger partial charge in [-0.05, 0) is 188 Å². The highest BCUT2D eigenvalue weighted by atomic mass is 32.2. The number of pyridine rings is 7. The van der Waals surface area contributed by atoms with E-state index in [1.54, 1.807) is 53.7 Å². The van der Waals surface area contributed by atoms with Crippen molar-refractivity contribution in [3.8, 4) is 28.6 Å². The van der Waals surface area contributed by atoms with Crippen LogP contribution in [0.1, 0.15) is 139 Å². The van der Waals surface area contributed by atoms with Gasteiger partial charge in [0.15, 0.2) is 23.1 Å². The molecule has 0 saturated carbocycles. The predicted octanol–water partition coefficient (Wildman–Crippen LogP) is 16.8. The van der Waals surface area contributed by atoms with Gasteiger partial charge in [0.2, 0.25) is 21.5 Å². The summed E-state index contributed by atoms with van der Waals surface area (Å²) in [7, 11) is -2.94. The third-order valence-electron chi connectivity index (χ3n) is 13.5. The molecule has 1 fully saturated rings. The molecule has 9 heterocycles. The van der Waals surface area contributed by atoms with Crippen LogP contribution in [-0.4, -0.2) is 95.0 Å². The van der Waals surface area contributed by atoms with Crippen LogP contribution in [-0.2, 0) is 35.9 Å². The summed E-state index contributed by atoms with van der Waals surface area (Å²) in [5, 5.41) is 9.82. The van der Waals surface area contributed by atoms with E-state index >= 15 is 0 Å². The van der Waals surface area contributed by atoms with E-state index in [-0.39, 0.29) is 5.56 Å². The van der Waals surface area contributed by atoms with E-state index in [2.05, 4.69) is 164 Å². The number of nitrogens with zero attached hydrogens (tertiary/aromatic N) is 9. The molecule has 18 nitrogen and oxygen atoms in total. The summed E-state index contributed by atoms with van der Waals surface area (Å²) in [4.78, 5) is 47.3. The molecule has 0 bridgehead atoms. The maximum absolute atomic E-state index is 11.2. The second kappa shape index (κ2) is 44.7. The first-order valence-electron chi connectivity index (χ1n) is 33.5. The number of hydrogen-bond acceptors (Lipinski definition) is 16. The Bertz CT molecular complexity index is 3590. The Morgan fingerprint density at radius 1 is 0.490 bits per heavy atom. The van der Waals surface area contributed by atoms with Crippen LogP contribution in [0.3, 0.4) is 0 Å². The topological polar surface area (TPSA) is 228 Å². The molecule has 0 radical (unpaired) electrons. The van der Waals surface area contributed by atoms with Crippen molar-refractivity contribution >= 4 is 27.5 Å². The normalized spacial score (nSPS) is 12.0. The molecule has 516 valence electrons. The molecule has 0 aliphatic carbocycles. The van der Waals surface area contributed by atoms with Crippen LogP contribution in [0.2, 0.25) is 0 Å². The number of hydrogen-bond donors (Lipinski definition) is 4. The van der Waals surface area contributed by atoms with Crippen molar-refractivity contribution in [2.45, 2.75) is 160 Å². The lowest BCUT2D eigenvalue weighted by Gasteiger charge is -2.30. The highest BCUT2D eigenvalue weighted by Crippen LogP contribution is 2.28. The van der Waals surface area contributed by atoms with Gasteiger partial charge in [-0.3, -0.25) is 24.7 Å². The smallest absolute Gasteiger partial charge is 0.248 e. The van der Waals surface area contributed by atoms with E-state index in [9.17, 15) is 13.2 Å². The highest BCUT2D eigenvalue weighted by molar-refractivity contribution is 7.88. The van der Waals surface area contributed by atoms with E-state index in [0.29, 0.717) is 54.1 Å². The van der Waals surface area contributed by atoms with Gasteiger partial charge >= 0.3 is 0 Å². The Morgan fingerprint density at radius 2 is 1.01 bits per heavy atom. The number of piperidine rings is 1. The van der Waals surface area contributed by atoms with Gasteiger partial charge in [0.1, 0.15) is 12.4 Å². The van der Waals surface area contributed by atoms with Gasteiger partial charge in [0.05, 0.1) is 17.6 Å². The summed E-state index contributed by atoms with van der Waals surface area (Å²) in [6.07, 6.45) is 23.5. The molecule has 1 aliphatic heterocycles. The lowest BCUT2D eigenvalue weighted by atomic mass is 9.89. The van der Waals surface area contributed by atoms with Gasteiger partial charge in [-0.25, -0.2) is 32.7 Å². The number of anilines is 3. The molecule has 96 heavy (non-hydrogen) atoms. The summed E-state index contributed by atoms with van der Waals surface area (Å²) >= 11 is 0. The van der Waals surface area contributed by atoms with Crippen molar-refractivity contribution in [2.75, 3.05) is 35.3 Å². The van der Waals surface area contributed by atoms with E-state index in [4.69, 9.17) is 9.47 Å². The minimum atomic E-state index is -2.94. The monoisotopic (exact) mass is 1330 g/mol. The van der Waals surface area contributed by atoms with Gasteiger partial charge in [0, 0.05) is 116 Å². The fraction of sp³-hybridized carbons (Fsp3) is 0.416. The summed E-state index contributed by atoms with van der Waals surface area (Å²) < 4.78 is 35.6.